The molecule has 0 aliphatic carbocycles. The second kappa shape index (κ2) is 13.9. The second-order valence-corrected chi connectivity index (χ2v) is 6.85. The van der Waals surface area contributed by atoms with Crippen LogP contribution in [0.1, 0.15) is 39.5 Å². The molecule has 1 fully saturated rings. The van der Waals surface area contributed by atoms with Gasteiger partial charge in [0.15, 0.2) is 5.96 Å². The van der Waals surface area contributed by atoms with E-state index in [0.717, 1.165) is 37.4 Å². The van der Waals surface area contributed by atoms with Crippen molar-refractivity contribution in [1.29, 1.82) is 0 Å². The number of likely N-dealkylation sites (N-methyl/N-ethyl adjacent to an activating group) is 1. The van der Waals surface area contributed by atoms with Gasteiger partial charge >= 0.3 is 0 Å². The van der Waals surface area contributed by atoms with E-state index in [0.29, 0.717) is 0 Å². The first-order valence-corrected chi connectivity index (χ1v) is 9.13. The average molecular weight is 428 g/mol. The van der Waals surface area contributed by atoms with Gasteiger partial charge in [0, 0.05) is 24.9 Å². The first kappa shape index (κ1) is 21.3. The zero-order chi connectivity index (χ0) is 14.6. The van der Waals surface area contributed by atoms with Crippen LogP contribution in [0.25, 0.3) is 0 Å². The molecule has 0 radical (unpaired) electrons. The molecule has 1 heterocycles. The van der Waals surface area contributed by atoms with E-state index in [2.05, 4.69) is 48.2 Å². The average Bonchev–Trinajstić information content (AvgIpc) is 2.95. The van der Waals surface area contributed by atoms with Gasteiger partial charge in [-0.2, -0.15) is 11.8 Å². The van der Waals surface area contributed by atoms with E-state index in [1.165, 1.54) is 38.0 Å². The van der Waals surface area contributed by atoms with Crippen molar-refractivity contribution in [1.82, 2.24) is 15.5 Å². The minimum Gasteiger partial charge on any atom is -0.357 e. The summed E-state index contributed by atoms with van der Waals surface area (Å²) in [7, 11) is 2.19. The van der Waals surface area contributed by atoms with Crippen molar-refractivity contribution in [2.24, 2.45) is 4.99 Å². The summed E-state index contributed by atoms with van der Waals surface area (Å²) < 4.78 is 0. The van der Waals surface area contributed by atoms with E-state index in [9.17, 15) is 0 Å². The summed E-state index contributed by atoms with van der Waals surface area (Å²) in [6, 6.07) is 0. The molecule has 0 spiro atoms. The van der Waals surface area contributed by atoms with Gasteiger partial charge < -0.3 is 15.5 Å². The predicted molar refractivity (Wildman–Crippen MR) is 107 cm³/mol. The molecule has 0 bridgehead atoms. The van der Waals surface area contributed by atoms with E-state index < -0.39 is 0 Å². The largest absolute Gasteiger partial charge is 0.357 e. The number of nitrogens with one attached hydrogen (secondary N) is 2. The molecule has 0 amide bonds. The van der Waals surface area contributed by atoms with Crippen LogP contribution in [0.5, 0.6) is 0 Å². The molecule has 1 rings (SSSR count). The van der Waals surface area contributed by atoms with E-state index in [1.807, 2.05) is 0 Å². The van der Waals surface area contributed by atoms with Crippen molar-refractivity contribution in [3.63, 3.8) is 0 Å². The SMILES string of the molecule is CCCCN(C)CCNC(=NCC1CCCS1)NCC.I. The molecular formula is C15H33IN4S. The molecule has 0 aromatic carbocycles. The zero-order valence-corrected chi connectivity index (χ0v) is 17.0. The monoisotopic (exact) mass is 428 g/mol. The summed E-state index contributed by atoms with van der Waals surface area (Å²) in [6.07, 6.45) is 5.23. The molecule has 0 aromatic rings. The number of rotatable bonds is 9. The summed E-state index contributed by atoms with van der Waals surface area (Å²) in [5.74, 6) is 2.29. The van der Waals surface area contributed by atoms with Gasteiger partial charge in [-0.15, -0.1) is 24.0 Å². The lowest BCUT2D eigenvalue weighted by atomic mass is 10.2. The molecular weight excluding hydrogens is 395 g/mol. The highest BCUT2D eigenvalue weighted by molar-refractivity contribution is 14.0. The van der Waals surface area contributed by atoms with Crippen molar-refractivity contribution in [2.75, 3.05) is 45.5 Å². The third-order valence-corrected chi connectivity index (χ3v) is 4.88. The fraction of sp³-hybridized carbons (Fsp3) is 0.933. The number of nitrogens with zero attached hydrogens (tertiary/aromatic N) is 2. The summed E-state index contributed by atoms with van der Waals surface area (Å²) in [5.41, 5.74) is 0. The third kappa shape index (κ3) is 10.6. The Labute approximate surface area is 152 Å². The highest BCUT2D eigenvalue weighted by atomic mass is 127. The van der Waals surface area contributed by atoms with Crippen LogP contribution in [0.4, 0.5) is 0 Å². The third-order valence-electron chi connectivity index (χ3n) is 3.50. The first-order valence-electron chi connectivity index (χ1n) is 8.08. The molecule has 21 heavy (non-hydrogen) atoms. The summed E-state index contributed by atoms with van der Waals surface area (Å²) >= 11 is 2.07. The number of guanidine groups is 1. The minimum absolute atomic E-state index is 0. The van der Waals surface area contributed by atoms with Crippen LogP contribution in [-0.2, 0) is 0 Å². The van der Waals surface area contributed by atoms with Crippen molar-refractivity contribution in [3.05, 3.63) is 0 Å². The molecule has 1 aliphatic rings. The van der Waals surface area contributed by atoms with E-state index >= 15 is 0 Å². The second-order valence-electron chi connectivity index (χ2n) is 5.44. The molecule has 4 nitrogen and oxygen atoms in total. The summed E-state index contributed by atoms with van der Waals surface area (Å²) in [5, 5.41) is 7.51. The number of unbranched alkanes of at least 4 members (excludes halogenated alkanes) is 1. The standard InChI is InChI=1S/C15H32N4S.HI/c1-4-6-10-19(3)11-9-17-15(16-5-2)18-13-14-8-7-12-20-14;/h14H,4-13H2,1-3H3,(H2,16,17,18);1H. The van der Waals surface area contributed by atoms with Crippen molar-refractivity contribution in [2.45, 2.75) is 44.8 Å². The lowest BCUT2D eigenvalue weighted by molar-refractivity contribution is 0.332. The van der Waals surface area contributed by atoms with Crippen molar-refractivity contribution >= 4 is 41.7 Å². The van der Waals surface area contributed by atoms with Gasteiger partial charge in [0.25, 0.3) is 0 Å². The molecule has 2 N–H and O–H groups in total. The fourth-order valence-electron chi connectivity index (χ4n) is 2.23. The Morgan fingerprint density at radius 1 is 1.29 bits per heavy atom. The van der Waals surface area contributed by atoms with E-state index in [1.54, 1.807) is 0 Å². The van der Waals surface area contributed by atoms with Crippen LogP contribution in [-0.4, -0.2) is 61.6 Å². The zero-order valence-electron chi connectivity index (χ0n) is 13.9. The van der Waals surface area contributed by atoms with Gasteiger partial charge in [-0.1, -0.05) is 13.3 Å². The number of thioether (sulfide) groups is 1. The van der Waals surface area contributed by atoms with Crippen molar-refractivity contribution < 1.29 is 0 Å². The van der Waals surface area contributed by atoms with Gasteiger partial charge in [-0.05, 0) is 45.5 Å². The Bertz CT molecular complexity index is 270. The normalized spacial score (nSPS) is 18.7. The van der Waals surface area contributed by atoms with Crippen LogP contribution in [0.15, 0.2) is 4.99 Å². The van der Waals surface area contributed by atoms with E-state index in [4.69, 9.17) is 4.99 Å². The van der Waals surface area contributed by atoms with Crippen LogP contribution < -0.4 is 10.6 Å². The molecule has 1 aliphatic heterocycles. The highest BCUT2D eigenvalue weighted by Gasteiger charge is 2.14. The predicted octanol–water partition coefficient (Wildman–Crippen LogP) is 2.79. The Balaban J connectivity index is 0.00000400. The smallest absolute Gasteiger partial charge is 0.191 e. The Morgan fingerprint density at radius 2 is 2.10 bits per heavy atom. The molecule has 1 atom stereocenters. The van der Waals surface area contributed by atoms with Gasteiger partial charge in [0.05, 0.1) is 6.54 Å². The molecule has 0 saturated carbocycles. The minimum atomic E-state index is 0. The van der Waals surface area contributed by atoms with E-state index in [-0.39, 0.29) is 24.0 Å². The quantitative estimate of drug-likeness (QED) is 0.337. The van der Waals surface area contributed by atoms with Crippen molar-refractivity contribution in [3.8, 4) is 0 Å². The van der Waals surface area contributed by atoms with Crippen LogP contribution in [0, 0.1) is 0 Å². The Kier molecular flexibility index (Phi) is 14.1. The topological polar surface area (TPSA) is 39.7 Å². The lowest BCUT2D eigenvalue weighted by Gasteiger charge is -2.18. The summed E-state index contributed by atoms with van der Waals surface area (Å²) in [6.45, 7) is 9.45. The fourth-order valence-corrected chi connectivity index (χ4v) is 3.41. The van der Waals surface area contributed by atoms with Crippen LogP contribution in [0.3, 0.4) is 0 Å². The lowest BCUT2D eigenvalue weighted by Crippen LogP contribution is -2.41. The number of aliphatic imine (C=N–C) groups is 1. The molecule has 0 aromatic heterocycles. The van der Waals surface area contributed by atoms with Gasteiger partial charge in [-0.3, -0.25) is 4.99 Å². The number of halogens is 1. The van der Waals surface area contributed by atoms with Gasteiger partial charge in [0.2, 0.25) is 0 Å². The molecule has 6 heteroatoms. The molecule has 1 unspecified atom stereocenters. The maximum absolute atomic E-state index is 4.71. The summed E-state index contributed by atoms with van der Waals surface area (Å²) in [4.78, 5) is 7.09. The maximum atomic E-state index is 4.71. The maximum Gasteiger partial charge on any atom is 0.191 e. The van der Waals surface area contributed by atoms with Crippen LogP contribution in [0.2, 0.25) is 0 Å². The first-order chi connectivity index (χ1) is 9.76. The molecule has 126 valence electrons. The Hall–Kier alpha value is 0.310. The number of hydrogen-bond donors (Lipinski definition) is 2. The van der Waals surface area contributed by atoms with Gasteiger partial charge in [-0.25, -0.2) is 0 Å². The Morgan fingerprint density at radius 3 is 2.71 bits per heavy atom. The van der Waals surface area contributed by atoms with Gasteiger partial charge in [0.1, 0.15) is 0 Å². The van der Waals surface area contributed by atoms with Crippen LogP contribution >= 0.6 is 35.7 Å². The molecule has 1 saturated heterocycles. The number of hydrogen-bond acceptors (Lipinski definition) is 3. The highest BCUT2D eigenvalue weighted by Crippen LogP contribution is 2.25.